The van der Waals surface area contributed by atoms with Crippen LogP contribution in [0.2, 0.25) is 5.02 Å². The van der Waals surface area contributed by atoms with Gasteiger partial charge in [-0.2, -0.15) is 0 Å². The number of hydrogen-bond donors (Lipinski definition) is 1. The van der Waals surface area contributed by atoms with Gasteiger partial charge in [0, 0.05) is 19.3 Å². The van der Waals surface area contributed by atoms with Crippen LogP contribution in [0.1, 0.15) is 44.0 Å². The molecule has 1 aromatic rings. The van der Waals surface area contributed by atoms with Crippen LogP contribution in [-0.2, 0) is 0 Å². The van der Waals surface area contributed by atoms with E-state index in [1.54, 1.807) is 6.07 Å². The van der Waals surface area contributed by atoms with Gasteiger partial charge in [0.1, 0.15) is 5.82 Å². The Morgan fingerprint density at radius 3 is 2.50 bits per heavy atom. The molecule has 20 heavy (non-hydrogen) atoms. The lowest BCUT2D eigenvalue weighted by Gasteiger charge is -2.39. The normalized spacial score (nSPS) is 17.3. The van der Waals surface area contributed by atoms with Crippen molar-refractivity contribution in [2.45, 2.75) is 33.6 Å². The summed E-state index contributed by atoms with van der Waals surface area (Å²) < 4.78 is 0. The molecule has 1 aliphatic rings. The van der Waals surface area contributed by atoms with Crippen LogP contribution in [-0.4, -0.2) is 29.1 Å². The number of pyridine rings is 1. The summed E-state index contributed by atoms with van der Waals surface area (Å²) >= 11 is 5.85. The Kier molecular flexibility index (Phi) is 4.23. The number of carboxylic acids is 1. The largest absolute Gasteiger partial charge is 0.478 e. The van der Waals surface area contributed by atoms with Crippen LogP contribution in [0.25, 0.3) is 0 Å². The van der Waals surface area contributed by atoms with Crippen molar-refractivity contribution in [1.29, 1.82) is 0 Å². The summed E-state index contributed by atoms with van der Waals surface area (Å²) in [6.45, 7) is 8.65. The van der Waals surface area contributed by atoms with Gasteiger partial charge >= 0.3 is 5.97 Å². The third-order valence-corrected chi connectivity index (χ3v) is 4.42. The van der Waals surface area contributed by atoms with Crippen LogP contribution in [0, 0.1) is 11.3 Å². The Balaban J connectivity index is 2.11. The van der Waals surface area contributed by atoms with Gasteiger partial charge in [-0.3, -0.25) is 0 Å². The minimum atomic E-state index is -1.01. The van der Waals surface area contributed by atoms with Gasteiger partial charge in [-0.15, -0.1) is 0 Å². The molecule has 2 rings (SSSR count). The molecular weight excluding hydrogens is 276 g/mol. The predicted molar refractivity (Wildman–Crippen MR) is 80.6 cm³/mol. The fraction of sp³-hybridized carbons (Fsp3) is 0.600. The molecular formula is C15H21ClN2O2. The summed E-state index contributed by atoms with van der Waals surface area (Å²) in [6.07, 6.45) is 3.64. The molecule has 4 nitrogen and oxygen atoms in total. The molecule has 0 unspecified atom stereocenters. The number of carbonyl (C=O) groups is 1. The first-order valence-corrected chi connectivity index (χ1v) is 7.30. The van der Waals surface area contributed by atoms with Crippen molar-refractivity contribution >= 4 is 23.4 Å². The number of carboxylic acid groups (broad SMARTS) is 1. The number of aromatic nitrogens is 1. The number of nitrogens with zero attached hydrogens (tertiary/aromatic N) is 2. The van der Waals surface area contributed by atoms with E-state index in [-0.39, 0.29) is 10.6 Å². The van der Waals surface area contributed by atoms with Crippen LogP contribution < -0.4 is 4.90 Å². The van der Waals surface area contributed by atoms with E-state index in [0.717, 1.165) is 25.9 Å². The number of aromatic carboxylic acids is 1. The summed E-state index contributed by atoms with van der Waals surface area (Å²) in [7, 11) is 0. The van der Waals surface area contributed by atoms with Crippen molar-refractivity contribution in [2.75, 3.05) is 18.0 Å². The zero-order valence-corrected chi connectivity index (χ0v) is 12.9. The van der Waals surface area contributed by atoms with Gasteiger partial charge in [-0.1, -0.05) is 32.4 Å². The van der Waals surface area contributed by atoms with E-state index < -0.39 is 5.97 Å². The highest BCUT2D eigenvalue weighted by molar-refractivity contribution is 6.33. The van der Waals surface area contributed by atoms with Crippen molar-refractivity contribution in [3.05, 3.63) is 22.8 Å². The minimum Gasteiger partial charge on any atom is -0.478 e. The summed E-state index contributed by atoms with van der Waals surface area (Å²) in [4.78, 5) is 17.5. The van der Waals surface area contributed by atoms with Crippen LogP contribution in [0.3, 0.4) is 0 Å². The maximum atomic E-state index is 11.1. The Hall–Kier alpha value is -1.29. The molecule has 0 saturated carbocycles. The quantitative estimate of drug-likeness (QED) is 0.904. The molecule has 0 spiro atoms. The maximum Gasteiger partial charge on any atom is 0.337 e. The van der Waals surface area contributed by atoms with E-state index >= 15 is 0 Å². The van der Waals surface area contributed by atoms with E-state index in [4.69, 9.17) is 16.7 Å². The first kappa shape index (κ1) is 15.1. The average Bonchev–Trinajstić information content (AvgIpc) is 2.38. The first-order chi connectivity index (χ1) is 9.29. The van der Waals surface area contributed by atoms with E-state index in [0.29, 0.717) is 17.2 Å². The molecule has 110 valence electrons. The zero-order valence-electron chi connectivity index (χ0n) is 12.2. The monoisotopic (exact) mass is 296 g/mol. The molecule has 1 fully saturated rings. The van der Waals surface area contributed by atoms with Crippen LogP contribution in [0.15, 0.2) is 12.3 Å². The number of piperidine rings is 1. The number of hydrogen-bond acceptors (Lipinski definition) is 3. The molecule has 0 aromatic carbocycles. The number of halogens is 1. The van der Waals surface area contributed by atoms with Gasteiger partial charge in [0.2, 0.25) is 0 Å². The summed E-state index contributed by atoms with van der Waals surface area (Å²) in [5, 5.41) is 9.29. The highest BCUT2D eigenvalue weighted by atomic mass is 35.5. The number of anilines is 1. The Bertz CT molecular complexity index is 503. The van der Waals surface area contributed by atoms with Gasteiger partial charge < -0.3 is 10.0 Å². The van der Waals surface area contributed by atoms with Crippen LogP contribution in [0.5, 0.6) is 0 Å². The van der Waals surface area contributed by atoms with E-state index in [1.807, 2.05) is 0 Å². The van der Waals surface area contributed by atoms with Crippen molar-refractivity contribution in [1.82, 2.24) is 4.98 Å². The van der Waals surface area contributed by atoms with Crippen molar-refractivity contribution < 1.29 is 9.90 Å². The average molecular weight is 297 g/mol. The highest BCUT2D eigenvalue weighted by Crippen LogP contribution is 2.35. The van der Waals surface area contributed by atoms with Crippen LogP contribution >= 0.6 is 11.6 Å². The lowest BCUT2D eigenvalue weighted by atomic mass is 9.75. The Morgan fingerprint density at radius 1 is 1.40 bits per heavy atom. The molecule has 0 atom stereocenters. The van der Waals surface area contributed by atoms with Gasteiger partial charge in [0.25, 0.3) is 0 Å². The lowest BCUT2D eigenvalue weighted by Crippen LogP contribution is -2.38. The predicted octanol–water partition coefficient (Wildman–Crippen LogP) is 3.70. The third kappa shape index (κ3) is 3.23. The maximum absolute atomic E-state index is 11.1. The molecule has 1 aliphatic heterocycles. The molecule has 1 saturated heterocycles. The first-order valence-electron chi connectivity index (χ1n) is 6.93. The molecule has 0 aliphatic carbocycles. The van der Waals surface area contributed by atoms with Gasteiger partial charge in [0.05, 0.1) is 10.6 Å². The Morgan fingerprint density at radius 2 is 2.00 bits per heavy atom. The third-order valence-electron chi connectivity index (χ3n) is 4.12. The molecule has 0 amide bonds. The van der Waals surface area contributed by atoms with E-state index in [9.17, 15) is 4.79 Å². The molecule has 1 aromatic heterocycles. The fourth-order valence-corrected chi connectivity index (χ4v) is 2.92. The van der Waals surface area contributed by atoms with Gasteiger partial charge in [0.15, 0.2) is 0 Å². The smallest absolute Gasteiger partial charge is 0.337 e. The second-order valence-electron chi connectivity index (χ2n) is 6.45. The topological polar surface area (TPSA) is 53.4 Å². The molecule has 2 heterocycles. The van der Waals surface area contributed by atoms with Crippen molar-refractivity contribution in [3.8, 4) is 0 Å². The van der Waals surface area contributed by atoms with E-state index in [2.05, 4.69) is 30.7 Å². The van der Waals surface area contributed by atoms with Crippen molar-refractivity contribution in [2.24, 2.45) is 11.3 Å². The summed E-state index contributed by atoms with van der Waals surface area (Å²) in [5.74, 6) is 0.396. The highest BCUT2D eigenvalue weighted by Gasteiger charge is 2.29. The standard InChI is InChI=1S/C15H21ClN2O2/c1-15(2,3)10-4-6-18(7-5-10)13-8-11(14(19)20)12(16)9-17-13/h8-10H,4-7H2,1-3H3,(H,19,20). The fourth-order valence-electron chi connectivity index (χ4n) is 2.74. The second kappa shape index (κ2) is 5.60. The Labute approximate surface area is 124 Å². The minimum absolute atomic E-state index is 0.120. The molecule has 5 heteroatoms. The molecule has 0 bridgehead atoms. The van der Waals surface area contributed by atoms with Gasteiger partial charge in [-0.05, 0) is 30.2 Å². The number of rotatable bonds is 2. The van der Waals surface area contributed by atoms with E-state index in [1.165, 1.54) is 6.20 Å². The lowest BCUT2D eigenvalue weighted by molar-refractivity contribution is 0.0697. The van der Waals surface area contributed by atoms with Crippen molar-refractivity contribution in [3.63, 3.8) is 0 Å². The molecule has 1 N–H and O–H groups in total. The second-order valence-corrected chi connectivity index (χ2v) is 6.86. The SMILES string of the molecule is CC(C)(C)C1CCN(c2cc(C(=O)O)c(Cl)cn2)CC1. The summed E-state index contributed by atoms with van der Waals surface area (Å²) in [6, 6.07) is 1.57. The summed E-state index contributed by atoms with van der Waals surface area (Å²) in [5.41, 5.74) is 0.445. The molecule has 0 radical (unpaired) electrons. The van der Waals surface area contributed by atoms with Crippen LogP contribution in [0.4, 0.5) is 5.82 Å². The van der Waals surface area contributed by atoms with Gasteiger partial charge in [-0.25, -0.2) is 9.78 Å². The zero-order chi connectivity index (χ0) is 14.9.